The Balaban J connectivity index is 2.50. The summed E-state index contributed by atoms with van der Waals surface area (Å²) in [5.74, 6) is 1.41. The minimum Gasteiger partial charge on any atom is -0.308 e. The molecule has 1 heterocycles. The summed E-state index contributed by atoms with van der Waals surface area (Å²) in [6.45, 7) is 9.48. The molecule has 96 valence electrons. The third-order valence-electron chi connectivity index (χ3n) is 2.30. The van der Waals surface area contributed by atoms with E-state index in [1.807, 2.05) is 18.5 Å². The van der Waals surface area contributed by atoms with E-state index in [1.165, 1.54) is 6.33 Å². The first kappa shape index (κ1) is 13.8. The van der Waals surface area contributed by atoms with Gasteiger partial charge in [-0.05, 0) is 5.92 Å². The van der Waals surface area contributed by atoms with Gasteiger partial charge in [-0.15, -0.1) is 0 Å². The molecule has 0 spiro atoms. The van der Waals surface area contributed by atoms with Crippen LogP contribution in [0.15, 0.2) is 6.33 Å². The number of carbonyl (C=O) groups excluding carboxylic acids is 1. The number of carbonyl (C=O) groups is 1. The molecule has 0 atom stereocenters. The van der Waals surface area contributed by atoms with E-state index in [0.717, 1.165) is 12.4 Å². The van der Waals surface area contributed by atoms with Crippen molar-refractivity contribution in [2.24, 2.45) is 5.92 Å². The van der Waals surface area contributed by atoms with Gasteiger partial charge in [-0.1, -0.05) is 27.7 Å². The second-order valence-electron chi connectivity index (χ2n) is 5.00. The molecule has 1 aromatic rings. The van der Waals surface area contributed by atoms with Crippen LogP contribution in [0.5, 0.6) is 0 Å². The molecular formula is C12H22N4O. The SMILES string of the molecule is CC(C)Cn1ncnc1CC(=O)CNC(C)C. The van der Waals surface area contributed by atoms with E-state index in [0.29, 0.717) is 24.9 Å². The molecule has 0 aromatic carbocycles. The maximum atomic E-state index is 11.7. The molecule has 0 aliphatic rings. The van der Waals surface area contributed by atoms with Gasteiger partial charge < -0.3 is 5.32 Å². The second kappa shape index (κ2) is 6.49. The topological polar surface area (TPSA) is 59.8 Å². The van der Waals surface area contributed by atoms with E-state index >= 15 is 0 Å². The lowest BCUT2D eigenvalue weighted by Gasteiger charge is -2.09. The highest BCUT2D eigenvalue weighted by atomic mass is 16.1. The van der Waals surface area contributed by atoms with Crippen LogP contribution in [0, 0.1) is 5.92 Å². The third-order valence-corrected chi connectivity index (χ3v) is 2.30. The van der Waals surface area contributed by atoms with Crippen LogP contribution in [0.25, 0.3) is 0 Å². The van der Waals surface area contributed by atoms with Crippen LogP contribution in [-0.2, 0) is 17.8 Å². The summed E-state index contributed by atoms with van der Waals surface area (Å²) in [5.41, 5.74) is 0. The minimum absolute atomic E-state index is 0.150. The zero-order valence-corrected chi connectivity index (χ0v) is 11.1. The zero-order chi connectivity index (χ0) is 12.8. The molecule has 0 fully saturated rings. The number of ketones is 1. The molecule has 0 saturated carbocycles. The first-order chi connectivity index (χ1) is 7.99. The Bertz CT molecular complexity index is 357. The number of nitrogens with one attached hydrogen (secondary N) is 1. The van der Waals surface area contributed by atoms with Crippen LogP contribution in [0.2, 0.25) is 0 Å². The highest BCUT2D eigenvalue weighted by Crippen LogP contribution is 2.02. The van der Waals surface area contributed by atoms with E-state index in [-0.39, 0.29) is 5.78 Å². The van der Waals surface area contributed by atoms with E-state index < -0.39 is 0 Å². The fourth-order valence-corrected chi connectivity index (χ4v) is 1.48. The van der Waals surface area contributed by atoms with Gasteiger partial charge in [0.1, 0.15) is 12.2 Å². The summed E-state index contributed by atoms with van der Waals surface area (Å²) in [6, 6.07) is 0.326. The molecule has 1 aromatic heterocycles. The van der Waals surface area contributed by atoms with Crippen LogP contribution in [0.1, 0.15) is 33.5 Å². The van der Waals surface area contributed by atoms with Crippen molar-refractivity contribution >= 4 is 5.78 Å². The van der Waals surface area contributed by atoms with Gasteiger partial charge in [0.05, 0.1) is 13.0 Å². The summed E-state index contributed by atoms with van der Waals surface area (Å²) in [7, 11) is 0. The van der Waals surface area contributed by atoms with Crippen LogP contribution in [0.4, 0.5) is 0 Å². The molecular weight excluding hydrogens is 216 g/mol. The predicted molar refractivity (Wildman–Crippen MR) is 66.7 cm³/mol. The molecule has 5 heteroatoms. The van der Waals surface area contributed by atoms with E-state index in [4.69, 9.17) is 0 Å². The van der Waals surface area contributed by atoms with Crippen LogP contribution < -0.4 is 5.32 Å². The van der Waals surface area contributed by atoms with Crippen LogP contribution in [0.3, 0.4) is 0 Å². The molecule has 0 aliphatic heterocycles. The van der Waals surface area contributed by atoms with Gasteiger partial charge in [0, 0.05) is 12.6 Å². The monoisotopic (exact) mass is 238 g/mol. The fourth-order valence-electron chi connectivity index (χ4n) is 1.48. The van der Waals surface area contributed by atoms with Gasteiger partial charge in [-0.2, -0.15) is 5.10 Å². The van der Waals surface area contributed by atoms with Gasteiger partial charge in [-0.25, -0.2) is 9.67 Å². The first-order valence-electron chi connectivity index (χ1n) is 6.10. The van der Waals surface area contributed by atoms with Crippen molar-refractivity contribution in [2.45, 2.75) is 46.7 Å². The average Bonchev–Trinajstić information content (AvgIpc) is 2.62. The van der Waals surface area contributed by atoms with Crippen molar-refractivity contribution < 1.29 is 4.79 Å². The number of hydrogen-bond donors (Lipinski definition) is 1. The number of rotatable bonds is 7. The molecule has 5 nitrogen and oxygen atoms in total. The number of hydrogen-bond acceptors (Lipinski definition) is 4. The van der Waals surface area contributed by atoms with E-state index in [1.54, 1.807) is 0 Å². The Morgan fingerprint density at radius 1 is 1.41 bits per heavy atom. The summed E-state index contributed by atoms with van der Waals surface area (Å²) >= 11 is 0. The van der Waals surface area contributed by atoms with Gasteiger partial charge in [0.15, 0.2) is 5.78 Å². The molecule has 17 heavy (non-hydrogen) atoms. The highest BCUT2D eigenvalue weighted by Gasteiger charge is 2.11. The Morgan fingerprint density at radius 3 is 2.71 bits per heavy atom. The standard InChI is InChI=1S/C12H22N4O/c1-9(2)7-16-12(14-8-15-16)5-11(17)6-13-10(3)4/h8-10,13H,5-7H2,1-4H3. The van der Waals surface area contributed by atoms with Crippen molar-refractivity contribution in [3.63, 3.8) is 0 Å². The molecule has 0 saturated heterocycles. The van der Waals surface area contributed by atoms with Crippen molar-refractivity contribution in [2.75, 3.05) is 6.54 Å². The molecule has 1 rings (SSSR count). The number of Topliss-reactive ketones (excluding diaryl/α,β-unsaturated/α-hetero) is 1. The van der Waals surface area contributed by atoms with Crippen LogP contribution >= 0.6 is 0 Å². The maximum absolute atomic E-state index is 11.7. The van der Waals surface area contributed by atoms with Gasteiger partial charge in [0.2, 0.25) is 0 Å². The van der Waals surface area contributed by atoms with Gasteiger partial charge in [-0.3, -0.25) is 4.79 Å². The van der Waals surface area contributed by atoms with Gasteiger partial charge in [0.25, 0.3) is 0 Å². The Hall–Kier alpha value is -1.23. The predicted octanol–water partition coefficient (Wildman–Crippen LogP) is 1.04. The molecule has 0 bridgehead atoms. The second-order valence-corrected chi connectivity index (χ2v) is 5.00. The van der Waals surface area contributed by atoms with E-state index in [2.05, 4.69) is 29.2 Å². The van der Waals surface area contributed by atoms with Crippen molar-refractivity contribution in [1.82, 2.24) is 20.1 Å². The highest BCUT2D eigenvalue weighted by molar-refractivity contribution is 5.82. The third kappa shape index (κ3) is 5.08. The Kier molecular flexibility index (Phi) is 5.28. The summed E-state index contributed by atoms with van der Waals surface area (Å²) < 4.78 is 1.82. The van der Waals surface area contributed by atoms with Crippen molar-refractivity contribution in [3.05, 3.63) is 12.2 Å². The molecule has 0 radical (unpaired) electrons. The maximum Gasteiger partial charge on any atom is 0.154 e. The zero-order valence-electron chi connectivity index (χ0n) is 11.1. The number of nitrogens with zero attached hydrogens (tertiary/aromatic N) is 3. The quantitative estimate of drug-likeness (QED) is 0.771. The summed E-state index contributed by atoms with van der Waals surface area (Å²) in [6.07, 6.45) is 1.87. The Morgan fingerprint density at radius 2 is 2.12 bits per heavy atom. The van der Waals surface area contributed by atoms with Gasteiger partial charge >= 0.3 is 0 Å². The lowest BCUT2D eigenvalue weighted by atomic mass is 10.2. The van der Waals surface area contributed by atoms with Crippen molar-refractivity contribution in [3.8, 4) is 0 Å². The lowest BCUT2D eigenvalue weighted by Crippen LogP contribution is -2.30. The lowest BCUT2D eigenvalue weighted by molar-refractivity contribution is -0.117. The fraction of sp³-hybridized carbons (Fsp3) is 0.750. The number of aromatic nitrogens is 3. The normalized spacial score (nSPS) is 11.4. The summed E-state index contributed by atoms with van der Waals surface area (Å²) in [4.78, 5) is 15.8. The first-order valence-corrected chi connectivity index (χ1v) is 6.10. The molecule has 0 unspecified atom stereocenters. The van der Waals surface area contributed by atoms with Crippen molar-refractivity contribution in [1.29, 1.82) is 0 Å². The van der Waals surface area contributed by atoms with E-state index in [9.17, 15) is 4.79 Å². The molecule has 1 N–H and O–H groups in total. The minimum atomic E-state index is 0.150. The Labute approximate surface area is 103 Å². The average molecular weight is 238 g/mol. The summed E-state index contributed by atoms with van der Waals surface area (Å²) in [5, 5.41) is 7.25. The molecule has 0 amide bonds. The van der Waals surface area contributed by atoms with Crippen LogP contribution in [-0.4, -0.2) is 33.1 Å². The molecule has 0 aliphatic carbocycles. The largest absolute Gasteiger partial charge is 0.308 e. The smallest absolute Gasteiger partial charge is 0.154 e.